The molecule has 0 saturated carbocycles. The predicted molar refractivity (Wildman–Crippen MR) is 109 cm³/mol. The van der Waals surface area contributed by atoms with Gasteiger partial charge in [-0.1, -0.05) is 24.3 Å². The van der Waals surface area contributed by atoms with E-state index in [4.69, 9.17) is 9.47 Å². The largest absolute Gasteiger partial charge is 0.508 e. The molecular weight excluding hydrogens is 340 g/mol. The number of aliphatic hydroxyl groups is 1. The number of aryl methyl sites for hydroxylation is 2. The zero-order valence-corrected chi connectivity index (χ0v) is 16.0. The van der Waals surface area contributed by atoms with Gasteiger partial charge >= 0.3 is 0 Å². The minimum absolute atomic E-state index is 0.107. The SMILES string of the molecule is COc1ccc(/C=C/C(=O)/C=C(O)/C=C/c2ccc(OC)c(C)c2)cc1C. The number of hydrogen-bond acceptors (Lipinski definition) is 4. The molecule has 0 saturated heterocycles. The third kappa shape index (κ3) is 5.89. The average Bonchev–Trinajstić information content (AvgIpc) is 2.65. The molecule has 2 rings (SSSR count). The van der Waals surface area contributed by atoms with E-state index in [1.165, 1.54) is 18.2 Å². The van der Waals surface area contributed by atoms with Crippen molar-refractivity contribution >= 4 is 17.9 Å². The standard InChI is InChI=1S/C23H24O4/c1-16-13-18(7-11-22(16)26-3)5-9-20(24)15-21(25)10-6-19-8-12-23(27-4)17(2)14-19/h5-15,24H,1-4H3/b9-5+,10-6+,20-15-. The molecule has 27 heavy (non-hydrogen) atoms. The first kappa shape index (κ1) is 20.0. The minimum Gasteiger partial charge on any atom is -0.508 e. The van der Waals surface area contributed by atoms with Crippen molar-refractivity contribution in [3.8, 4) is 11.5 Å². The van der Waals surface area contributed by atoms with Gasteiger partial charge in [0, 0.05) is 6.08 Å². The van der Waals surface area contributed by atoms with E-state index >= 15 is 0 Å². The van der Waals surface area contributed by atoms with Gasteiger partial charge in [0.05, 0.1) is 14.2 Å². The van der Waals surface area contributed by atoms with Crippen molar-refractivity contribution in [1.29, 1.82) is 0 Å². The maximum atomic E-state index is 12.0. The fourth-order valence-corrected chi connectivity index (χ4v) is 2.61. The Labute approximate surface area is 160 Å². The van der Waals surface area contributed by atoms with E-state index < -0.39 is 0 Å². The number of methoxy groups -OCH3 is 2. The first-order valence-corrected chi connectivity index (χ1v) is 8.53. The quantitative estimate of drug-likeness (QED) is 0.424. The van der Waals surface area contributed by atoms with Crippen LogP contribution in [0.4, 0.5) is 0 Å². The van der Waals surface area contributed by atoms with Gasteiger partial charge in [0.1, 0.15) is 17.3 Å². The summed E-state index contributed by atoms with van der Waals surface area (Å²) in [5.41, 5.74) is 3.78. The molecule has 1 N–H and O–H groups in total. The van der Waals surface area contributed by atoms with E-state index in [0.29, 0.717) is 0 Å². The number of ether oxygens (including phenoxy) is 2. The summed E-state index contributed by atoms with van der Waals surface area (Å²) in [7, 11) is 3.24. The van der Waals surface area contributed by atoms with Crippen LogP contribution >= 0.6 is 0 Å². The van der Waals surface area contributed by atoms with Crippen LogP contribution in [-0.4, -0.2) is 25.1 Å². The Morgan fingerprint density at radius 1 is 0.852 bits per heavy atom. The number of hydrogen-bond donors (Lipinski definition) is 1. The van der Waals surface area contributed by atoms with Crippen LogP contribution < -0.4 is 9.47 Å². The van der Waals surface area contributed by atoms with E-state index in [2.05, 4.69) is 0 Å². The summed E-state index contributed by atoms with van der Waals surface area (Å²) in [4.78, 5) is 12.0. The number of carbonyl (C=O) groups is 1. The highest BCUT2D eigenvalue weighted by atomic mass is 16.5. The third-order valence-electron chi connectivity index (χ3n) is 4.01. The maximum Gasteiger partial charge on any atom is 0.182 e. The molecule has 140 valence electrons. The number of allylic oxidation sites excluding steroid dienone is 3. The van der Waals surface area contributed by atoms with Crippen molar-refractivity contribution < 1.29 is 19.4 Å². The summed E-state index contributed by atoms with van der Waals surface area (Å²) in [6.45, 7) is 3.89. The second-order valence-corrected chi connectivity index (χ2v) is 6.10. The van der Waals surface area contributed by atoms with Crippen LogP contribution in [0, 0.1) is 13.8 Å². The van der Waals surface area contributed by atoms with E-state index in [0.717, 1.165) is 33.8 Å². The van der Waals surface area contributed by atoms with E-state index in [-0.39, 0.29) is 11.5 Å². The topological polar surface area (TPSA) is 55.8 Å². The molecule has 0 amide bonds. The molecule has 4 nitrogen and oxygen atoms in total. The van der Waals surface area contributed by atoms with Crippen molar-refractivity contribution in [2.45, 2.75) is 13.8 Å². The summed E-state index contributed by atoms with van der Waals surface area (Å²) in [6, 6.07) is 11.3. The lowest BCUT2D eigenvalue weighted by molar-refractivity contribution is -0.110. The van der Waals surface area contributed by atoms with Gasteiger partial charge in [-0.2, -0.15) is 0 Å². The molecule has 0 spiro atoms. The van der Waals surface area contributed by atoms with Crippen LogP contribution in [-0.2, 0) is 4.79 Å². The molecule has 2 aromatic rings. The first-order valence-electron chi connectivity index (χ1n) is 8.53. The molecule has 0 aromatic heterocycles. The Kier molecular flexibility index (Phi) is 7.00. The number of rotatable bonds is 7. The Balaban J connectivity index is 2.03. The Hall–Kier alpha value is -3.27. The van der Waals surface area contributed by atoms with Crippen LogP contribution in [0.3, 0.4) is 0 Å². The van der Waals surface area contributed by atoms with Crippen LogP contribution in [0.15, 0.2) is 60.4 Å². The van der Waals surface area contributed by atoms with Crippen molar-refractivity contribution in [3.63, 3.8) is 0 Å². The van der Waals surface area contributed by atoms with Gasteiger partial charge in [-0.15, -0.1) is 0 Å². The van der Waals surface area contributed by atoms with Gasteiger partial charge in [0.2, 0.25) is 0 Å². The second kappa shape index (κ2) is 9.43. The smallest absolute Gasteiger partial charge is 0.182 e. The molecule has 0 aliphatic rings. The maximum absolute atomic E-state index is 12.0. The van der Waals surface area contributed by atoms with Gasteiger partial charge in [0.15, 0.2) is 5.78 Å². The van der Waals surface area contributed by atoms with Gasteiger partial charge in [-0.25, -0.2) is 0 Å². The van der Waals surface area contributed by atoms with Gasteiger partial charge in [-0.05, 0) is 72.5 Å². The molecule has 4 heteroatoms. The molecule has 0 unspecified atom stereocenters. The van der Waals surface area contributed by atoms with Crippen molar-refractivity contribution in [2.24, 2.45) is 0 Å². The first-order chi connectivity index (χ1) is 12.9. The number of benzene rings is 2. The Morgan fingerprint density at radius 3 is 1.78 bits per heavy atom. The highest BCUT2D eigenvalue weighted by Crippen LogP contribution is 2.20. The Morgan fingerprint density at radius 2 is 1.33 bits per heavy atom. The molecule has 0 aliphatic heterocycles. The molecule has 0 atom stereocenters. The zero-order chi connectivity index (χ0) is 19.8. The molecule has 0 bridgehead atoms. The van der Waals surface area contributed by atoms with Crippen LogP contribution in [0.2, 0.25) is 0 Å². The monoisotopic (exact) mass is 364 g/mol. The zero-order valence-electron chi connectivity index (χ0n) is 16.0. The summed E-state index contributed by atoms with van der Waals surface area (Å²) in [5, 5.41) is 9.94. The molecular formula is C23H24O4. The highest BCUT2D eigenvalue weighted by Gasteiger charge is 2.00. The molecule has 0 heterocycles. The normalized spacial score (nSPS) is 11.9. The lowest BCUT2D eigenvalue weighted by Gasteiger charge is -2.04. The van der Waals surface area contributed by atoms with Crippen LogP contribution in [0.25, 0.3) is 12.2 Å². The number of aliphatic hydroxyl groups excluding tert-OH is 1. The van der Waals surface area contributed by atoms with Crippen LogP contribution in [0.1, 0.15) is 22.3 Å². The fraction of sp³-hybridized carbons (Fsp3) is 0.174. The molecule has 0 aliphatic carbocycles. The molecule has 0 radical (unpaired) electrons. The number of carbonyl (C=O) groups excluding carboxylic acids is 1. The summed E-state index contributed by atoms with van der Waals surface area (Å²) in [6.07, 6.45) is 7.53. The number of ketones is 1. The average molecular weight is 364 g/mol. The van der Waals surface area contributed by atoms with E-state index in [9.17, 15) is 9.90 Å². The third-order valence-corrected chi connectivity index (χ3v) is 4.01. The lowest BCUT2D eigenvalue weighted by Crippen LogP contribution is -1.90. The van der Waals surface area contributed by atoms with Gasteiger partial charge in [0.25, 0.3) is 0 Å². The fourth-order valence-electron chi connectivity index (χ4n) is 2.61. The summed E-state index contributed by atoms with van der Waals surface area (Å²) >= 11 is 0. The van der Waals surface area contributed by atoms with E-state index in [1.54, 1.807) is 26.4 Å². The van der Waals surface area contributed by atoms with Crippen molar-refractivity contribution in [2.75, 3.05) is 14.2 Å². The van der Waals surface area contributed by atoms with Gasteiger partial charge in [-0.3, -0.25) is 4.79 Å². The summed E-state index contributed by atoms with van der Waals surface area (Å²) < 4.78 is 10.4. The highest BCUT2D eigenvalue weighted by molar-refractivity contribution is 6.02. The second-order valence-electron chi connectivity index (χ2n) is 6.10. The van der Waals surface area contributed by atoms with E-state index in [1.807, 2.05) is 50.2 Å². The molecule has 2 aromatic carbocycles. The van der Waals surface area contributed by atoms with Crippen molar-refractivity contribution in [3.05, 3.63) is 82.6 Å². The minimum atomic E-state index is -0.295. The predicted octanol–water partition coefficient (Wildman–Crippen LogP) is 5.06. The molecule has 0 fully saturated rings. The summed E-state index contributed by atoms with van der Waals surface area (Å²) in [5.74, 6) is 1.21. The van der Waals surface area contributed by atoms with Gasteiger partial charge < -0.3 is 14.6 Å². The van der Waals surface area contributed by atoms with Crippen molar-refractivity contribution in [1.82, 2.24) is 0 Å². The lowest BCUT2D eigenvalue weighted by atomic mass is 10.1. The van der Waals surface area contributed by atoms with Crippen LogP contribution in [0.5, 0.6) is 11.5 Å². The Bertz CT molecular complexity index is 905.